The topological polar surface area (TPSA) is 23.5 Å². The zero-order chi connectivity index (χ0) is 15.3. The predicted molar refractivity (Wildman–Crippen MR) is 92.6 cm³/mol. The van der Waals surface area contributed by atoms with Gasteiger partial charge in [-0.2, -0.15) is 0 Å². The van der Waals surface area contributed by atoms with Crippen LogP contribution in [0.15, 0.2) is 40.9 Å². The highest BCUT2D eigenvalue weighted by Crippen LogP contribution is 2.48. The molecule has 2 aromatic carbocycles. The van der Waals surface area contributed by atoms with E-state index in [1.54, 1.807) is 0 Å². The van der Waals surface area contributed by atoms with E-state index in [2.05, 4.69) is 58.2 Å². The molecule has 22 heavy (non-hydrogen) atoms. The van der Waals surface area contributed by atoms with Crippen molar-refractivity contribution >= 4 is 15.9 Å². The van der Waals surface area contributed by atoms with Crippen molar-refractivity contribution in [2.24, 2.45) is 0 Å². The first-order valence-electron chi connectivity index (χ1n) is 7.89. The maximum absolute atomic E-state index is 10.3. The van der Waals surface area contributed by atoms with Crippen LogP contribution in [-0.4, -0.2) is 30.1 Å². The maximum atomic E-state index is 10.3. The van der Waals surface area contributed by atoms with E-state index in [-0.39, 0.29) is 5.41 Å². The Labute approximate surface area is 139 Å². The molecule has 2 aromatic rings. The molecule has 1 aliphatic carbocycles. The van der Waals surface area contributed by atoms with Crippen molar-refractivity contribution in [2.45, 2.75) is 24.7 Å². The average molecular weight is 358 g/mol. The van der Waals surface area contributed by atoms with E-state index in [0.717, 1.165) is 36.8 Å². The minimum absolute atomic E-state index is 0.0232. The van der Waals surface area contributed by atoms with Gasteiger partial charge in [0.1, 0.15) is 5.75 Å². The van der Waals surface area contributed by atoms with Crippen LogP contribution in [0, 0.1) is 0 Å². The SMILES string of the molecule is CN1CCc2cc(Br)c(O)cc2C2(CCc3ccccc32)C1. The van der Waals surface area contributed by atoms with E-state index in [9.17, 15) is 5.11 Å². The first kappa shape index (κ1) is 14.3. The molecule has 114 valence electrons. The van der Waals surface area contributed by atoms with Gasteiger partial charge in [-0.15, -0.1) is 0 Å². The number of halogens is 1. The zero-order valence-electron chi connectivity index (χ0n) is 12.8. The molecule has 0 amide bonds. The summed E-state index contributed by atoms with van der Waals surface area (Å²) < 4.78 is 0.803. The second kappa shape index (κ2) is 5.10. The van der Waals surface area contributed by atoms with Gasteiger partial charge in [0.15, 0.2) is 0 Å². The predicted octanol–water partition coefficient (Wildman–Crippen LogP) is 3.87. The lowest BCUT2D eigenvalue weighted by atomic mass is 9.73. The molecule has 2 nitrogen and oxygen atoms in total. The first-order chi connectivity index (χ1) is 10.6. The molecule has 0 bridgehead atoms. The second-order valence-electron chi connectivity index (χ2n) is 6.69. The van der Waals surface area contributed by atoms with Gasteiger partial charge in [-0.25, -0.2) is 0 Å². The van der Waals surface area contributed by atoms with E-state index in [1.807, 2.05) is 6.07 Å². The largest absolute Gasteiger partial charge is 0.507 e. The summed E-state index contributed by atoms with van der Waals surface area (Å²) in [6.45, 7) is 2.09. The van der Waals surface area contributed by atoms with Gasteiger partial charge in [0.2, 0.25) is 0 Å². The van der Waals surface area contributed by atoms with Gasteiger partial charge in [-0.1, -0.05) is 24.3 Å². The number of rotatable bonds is 0. The monoisotopic (exact) mass is 357 g/mol. The number of aromatic hydroxyl groups is 1. The van der Waals surface area contributed by atoms with Crippen LogP contribution in [-0.2, 0) is 18.3 Å². The summed E-state index contributed by atoms with van der Waals surface area (Å²) in [4.78, 5) is 2.44. The van der Waals surface area contributed by atoms with Crippen LogP contribution in [0.3, 0.4) is 0 Å². The first-order valence-corrected chi connectivity index (χ1v) is 8.68. The summed E-state index contributed by atoms with van der Waals surface area (Å²) in [6, 6.07) is 12.9. The third kappa shape index (κ3) is 2.03. The van der Waals surface area contributed by atoms with Gasteiger partial charge < -0.3 is 10.0 Å². The number of hydrogen-bond acceptors (Lipinski definition) is 2. The summed E-state index contributed by atoms with van der Waals surface area (Å²) in [5.41, 5.74) is 5.63. The van der Waals surface area contributed by atoms with Gasteiger partial charge in [-0.3, -0.25) is 0 Å². The zero-order valence-corrected chi connectivity index (χ0v) is 14.4. The average Bonchev–Trinajstić information content (AvgIpc) is 2.81. The summed E-state index contributed by atoms with van der Waals surface area (Å²) in [5.74, 6) is 0.354. The van der Waals surface area contributed by atoms with Gasteiger partial charge in [-0.05, 0) is 76.6 Å². The number of aryl methyl sites for hydroxylation is 1. The van der Waals surface area contributed by atoms with Crippen molar-refractivity contribution in [3.05, 3.63) is 63.1 Å². The number of likely N-dealkylation sites (N-methyl/N-ethyl adjacent to an activating group) is 1. The van der Waals surface area contributed by atoms with Crippen molar-refractivity contribution in [1.82, 2.24) is 4.90 Å². The van der Waals surface area contributed by atoms with Crippen LogP contribution in [0.4, 0.5) is 0 Å². The van der Waals surface area contributed by atoms with Crippen molar-refractivity contribution < 1.29 is 5.11 Å². The lowest BCUT2D eigenvalue weighted by Crippen LogP contribution is -2.37. The number of benzene rings is 2. The maximum Gasteiger partial charge on any atom is 0.130 e. The van der Waals surface area contributed by atoms with E-state index in [0.29, 0.717) is 5.75 Å². The highest BCUT2D eigenvalue weighted by Gasteiger charge is 2.43. The molecule has 1 N–H and O–H groups in total. The molecule has 1 atom stereocenters. The number of phenolic OH excluding ortho intramolecular Hbond substituents is 1. The Bertz CT molecular complexity index is 742. The molecule has 0 aromatic heterocycles. The summed E-state index contributed by atoms with van der Waals surface area (Å²) in [6.07, 6.45) is 3.29. The molecule has 0 radical (unpaired) electrons. The number of nitrogens with zero attached hydrogens (tertiary/aromatic N) is 1. The van der Waals surface area contributed by atoms with E-state index in [4.69, 9.17) is 0 Å². The van der Waals surface area contributed by atoms with E-state index in [1.165, 1.54) is 22.3 Å². The fraction of sp³-hybridized carbons (Fsp3) is 0.368. The van der Waals surface area contributed by atoms with Crippen LogP contribution in [0.5, 0.6) is 5.75 Å². The molecule has 0 saturated heterocycles. The molecular formula is C19H20BrNO. The fourth-order valence-electron chi connectivity index (χ4n) is 4.32. The Hall–Kier alpha value is -1.32. The van der Waals surface area contributed by atoms with Crippen LogP contribution in [0.25, 0.3) is 0 Å². The summed E-state index contributed by atoms with van der Waals surface area (Å²) in [5, 5.41) is 10.3. The van der Waals surface area contributed by atoms with Gasteiger partial charge >= 0.3 is 0 Å². The number of hydrogen-bond donors (Lipinski definition) is 1. The third-order valence-electron chi connectivity index (χ3n) is 5.34. The molecule has 1 unspecified atom stereocenters. The highest BCUT2D eigenvalue weighted by atomic mass is 79.9. The minimum atomic E-state index is 0.0232. The highest BCUT2D eigenvalue weighted by molar-refractivity contribution is 9.10. The molecule has 0 fully saturated rings. The summed E-state index contributed by atoms with van der Waals surface area (Å²) >= 11 is 3.48. The Morgan fingerprint density at radius 3 is 2.77 bits per heavy atom. The second-order valence-corrected chi connectivity index (χ2v) is 7.54. The van der Waals surface area contributed by atoms with Crippen LogP contribution < -0.4 is 0 Å². The molecule has 0 saturated carbocycles. The lowest BCUT2D eigenvalue weighted by Gasteiger charge is -2.34. The van der Waals surface area contributed by atoms with Crippen molar-refractivity contribution in [2.75, 3.05) is 20.1 Å². The minimum Gasteiger partial charge on any atom is -0.507 e. The van der Waals surface area contributed by atoms with Crippen LogP contribution >= 0.6 is 15.9 Å². The molecule has 2 aliphatic rings. The fourth-order valence-corrected chi connectivity index (χ4v) is 4.71. The third-order valence-corrected chi connectivity index (χ3v) is 5.98. The van der Waals surface area contributed by atoms with Gasteiger partial charge in [0.25, 0.3) is 0 Å². The number of fused-ring (bicyclic) bond motifs is 4. The van der Waals surface area contributed by atoms with Crippen molar-refractivity contribution in [3.8, 4) is 5.75 Å². The molecule has 4 rings (SSSR count). The van der Waals surface area contributed by atoms with Crippen molar-refractivity contribution in [3.63, 3.8) is 0 Å². The molecular weight excluding hydrogens is 338 g/mol. The van der Waals surface area contributed by atoms with E-state index >= 15 is 0 Å². The molecule has 1 spiro atoms. The smallest absolute Gasteiger partial charge is 0.130 e. The molecule has 1 aliphatic heterocycles. The number of phenols is 1. The van der Waals surface area contributed by atoms with E-state index < -0.39 is 0 Å². The molecule has 3 heteroatoms. The molecule has 1 heterocycles. The van der Waals surface area contributed by atoms with Crippen LogP contribution in [0.1, 0.15) is 28.7 Å². The van der Waals surface area contributed by atoms with Crippen molar-refractivity contribution in [1.29, 1.82) is 0 Å². The van der Waals surface area contributed by atoms with Gasteiger partial charge in [0, 0.05) is 18.5 Å². The Balaban J connectivity index is 1.99. The Morgan fingerprint density at radius 1 is 1.09 bits per heavy atom. The quantitative estimate of drug-likeness (QED) is 0.773. The van der Waals surface area contributed by atoms with Crippen LogP contribution in [0.2, 0.25) is 0 Å². The summed E-state index contributed by atoms with van der Waals surface area (Å²) in [7, 11) is 2.21. The lowest BCUT2D eigenvalue weighted by molar-refractivity contribution is 0.283. The Kier molecular flexibility index (Phi) is 3.31. The standard InChI is InChI=1S/C19H20BrNO/c1-21-9-7-14-10-17(20)18(22)11-16(14)19(12-21)8-6-13-4-2-3-5-15(13)19/h2-5,10-11,22H,6-9,12H2,1H3. The van der Waals surface area contributed by atoms with Gasteiger partial charge in [0.05, 0.1) is 4.47 Å². The normalized spacial score (nSPS) is 24.1. The Morgan fingerprint density at radius 2 is 1.91 bits per heavy atom.